The number of ether oxygens (including phenoxy) is 1. The van der Waals surface area contributed by atoms with Gasteiger partial charge in [-0.25, -0.2) is 0 Å². The molecule has 2 fully saturated rings. The maximum atomic E-state index is 12.5. The van der Waals surface area contributed by atoms with E-state index < -0.39 is 0 Å². The first-order valence-electron chi connectivity index (χ1n) is 8.19. The minimum absolute atomic E-state index is 0.0238. The van der Waals surface area contributed by atoms with Gasteiger partial charge in [0.1, 0.15) is 11.4 Å². The van der Waals surface area contributed by atoms with E-state index >= 15 is 0 Å². The van der Waals surface area contributed by atoms with Crippen molar-refractivity contribution in [2.45, 2.75) is 51.7 Å². The Labute approximate surface area is 132 Å². The molecular weight excluding hydrogens is 276 g/mol. The van der Waals surface area contributed by atoms with Crippen LogP contribution in [-0.4, -0.2) is 17.6 Å². The topological polar surface area (TPSA) is 64.3 Å². The molecule has 1 aromatic rings. The molecule has 0 aromatic heterocycles. The van der Waals surface area contributed by atoms with Gasteiger partial charge in [0, 0.05) is 11.7 Å². The van der Waals surface area contributed by atoms with Crippen molar-refractivity contribution >= 4 is 11.6 Å². The average Bonchev–Trinajstić information content (AvgIpc) is 3.00. The number of rotatable bonds is 3. The fourth-order valence-corrected chi connectivity index (χ4v) is 3.91. The van der Waals surface area contributed by atoms with Gasteiger partial charge < -0.3 is 15.8 Å². The molecule has 1 amide bonds. The van der Waals surface area contributed by atoms with Gasteiger partial charge in [-0.2, -0.15) is 0 Å². The minimum Gasteiger partial charge on any atom is -0.488 e. The van der Waals surface area contributed by atoms with Crippen molar-refractivity contribution in [2.75, 3.05) is 5.32 Å². The number of benzene rings is 1. The number of nitrogens with one attached hydrogen (secondary N) is 1. The van der Waals surface area contributed by atoms with Crippen LogP contribution in [0.5, 0.6) is 5.75 Å². The molecule has 0 radical (unpaired) electrons. The lowest BCUT2D eigenvalue weighted by Crippen LogP contribution is -2.42. The van der Waals surface area contributed by atoms with E-state index in [4.69, 9.17) is 10.5 Å². The smallest absolute Gasteiger partial charge is 0.229 e. The third kappa shape index (κ3) is 3.12. The van der Waals surface area contributed by atoms with Gasteiger partial charge in [0.25, 0.3) is 0 Å². The zero-order valence-electron chi connectivity index (χ0n) is 13.6. The van der Waals surface area contributed by atoms with E-state index in [0.717, 1.165) is 24.3 Å². The second-order valence-electron chi connectivity index (χ2n) is 7.66. The Morgan fingerprint density at radius 3 is 2.36 bits per heavy atom. The third-order valence-corrected chi connectivity index (χ3v) is 4.83. The molecule has 4 heteroatoms. The molecule has 0 saturated heterocycles. The van der Waals surface area contributed by atoms with E-state index in [1.807, 2.05) is 45.0 Å². The van der Waals surface area contributed by atoms with Crippen LogP contribution in [-0.2, 0) is 4.79 Å². The van der Waals surface area contributed by atoms with Gasteiger partial charge in [0.15, 0.2) is 0 Å². The van der Waals surface area contributed by atoms with Crippen molar-refractivity contribution in [2.24, 2.45) is 23.5 Å². The van der Waals surface area contributed by atoms with Crippen molar-refractivity contribution < 1.29 is 9.53 Å². The molecule has 4 nitrogen and oxygen atoms in total. The summed E-state index contributed by atoms with van der Waals surface area (Å²) in [4.78, 5) is 12.5. The average molecular weight is 302 g/mol. The molecule has 4 unspecified atom stereocenters. The molecule has 0 heterocycles. The summed E-state index contributed by atoms with van der Waals surface area (Å²) in [7, 11) is 0. The molecule has 2 saturated carbocycles. The van der Waals surface area contributed by atoms with Crippen LogP contribution in [0.25, 0.3) is 0 Å². The summed E-state index contributed by atoms with van der Waals surface area (Å²) in [6, 6.07) is 7.58. The predicted octanol–water partition coefficient (Wildman–Crippen LogP) is 3.18. The van der Waals surface area contributed by atoms with Gasteiger partial charge in [-0.3, -0.25) is 4.79 Å². The third-order valence-electron chi connectivity index (χ3n) is 4.83. The van der Waals surface area contributed by atoms with Crippen molar-refractivity contribution in [3.63, 3.8) is 0 Å². The highest BCUT2D eigenvalue weighted by atomic mass is 16.5. The van der Waals surface area contributed by atoms with E-state index in [1.165, 1.54) is 6.42 Å². The van der Waals surface area contributed by atoms with Crippen LogP contribution in [0.3, 0.4) is 0 Å². The van der Waals surface area contributed by atoms with Gasteiger partial charge in [-0.1, -0.05) is 0 Å². The molecule has 22 heavy (non-hydrogen) atoms. The highest BCUT2D eigenvalue weighted by molar-refractivity contribution is 5.93. The first-order chi connectivity index (χ1) is 10.3. The Morgan fingerprint density at radius 1 is 1.18 bits per heavy atom. The molecule has 1 aromatic carbocycles. The van der Waals surface area contributed by atoms with E-state index in [0.29, 0.717) is 11.8 Å². The number of amides is 1. The molecule has 4 atom stereocenters. The number of carbonyl (C=O) groups is 1. The first-order valence-corrected chi connectivity index (χ1v) is 8.19. The van der Waals surface area contributed by atoms with Crippen LogP contribution >= 0.6 is 0 Å². The summed E-state index contributed by atoms with van der Waals surface area (Å²) in [6.45, 7) is 6.04. The number of nitrogens with two attached hydrogens (primary N) is 1. The van der Waals surface area contributed by atoms with E-state index in [1.54, 1.807) is 0 Å². The van der Waals surface area contributed by atoms with Crippen molar-refractivity contribution in [3.8, 4) is 5.75 Å². The van der Waals surface area contributed by atoms with Crippen LogP contribution in [0.2, 0.25) is 0 Å². The fourth-order valence-electron chi connectivity index (χ4n) is 3.91. The van der Waals surface area contributed by atoms with Crippen LogP contribution < -0.4 is 15.8 Å². The lowest BCUT2D eigenvalue weighted by Gasteiger charge is -2.27. The maximum Gasteiger partial charge on any atom is 0.229 e. The number of fused-ring (bicyclic) bond motifs is 2. The summed E-state index contributed by atoms with van der Waals surface area (Å²) in [6.07, 6.45) is 3.46. The van der Waals surface area contributed by atoms with Crippen molar-refractivity contribution in [1.29, 1.82) is 0 Å². The predicted molar refractivity (Wildman–Crippen MR) is 87.7 cm³/mol. The second-order valence-corrected chi connectivity index (χ2v) is 7.66. The van der Waals surface area contributed by atoms with Gasteiger partial charge in [-0.05, 0) is 76.1 Å². The van der Waals surface area contributed by atoms with Gasteiger partial charge >= 0.3 is 0 Å². The second kappa shape index (κ2) is 5.58. The van der Waals surface area contributed by atoms with Crippen molar-refractivity contribution in [3.05, 3.63) is 24.3 Å². The number of carbonyl (C=O) groups excluding carboxylic acids is 1. The molecule has 2 bridgehead atoms. The fraction of sp³-hybridized carbons (Fsp3) is 0.611. The highest BCUT2D eigenvalue weighted by Crippen LogP contribution is 2.47. The monoisotopic (exact) mass is 302 g/mol. The summed E-state index contributed by atoms with van der Waals surface area (Å²) in [5.41, 5.74) is 6.82. The van der Waals surface area contributed by atoms with Gasteiger partial charge in [0.2, 0.25) is 5.91 Å². The minimum atomic E-state index is -0.222. The Morgan fingerprint density at radius 2 is 1.82 bits per heavy atom. The maximum absolute atomic E-state index is 12.5. The Hall–Kier alpha value is -1.55. The normalized spacial score (nSPS) is 30.4. The first kappa shape index (κ1) is 15.3. The Kier molecular flexibility index (Phi) is 3.89. The molecule has 0 spiro atoms. The molecule has 3 N–H and O–H groups in total. The van der Waals surface area contributed by atoms with E-state index in [9.17, 15) is 4.79 Å². The number of hydrogen-bond donors (Lipinski definition) is 2. The molecule has 0 aliphatic heterocycles. The number of hydrogen-bond acceptors (Lipinski definition) is 3. The molecular formula is C18H26N2O2. The van der Waals surface area contributed by atoms with Crippen molar-refractivity contribution in [1.82, 2.24) is 0 Å². The highest BCUT2D eigenvalue weighted by Gasteiger charge is 2.49. The van der Waals surface area contributed by atoms with E-state index in [-0.39, 0.29) is 23.5 Å². The molecule has 3 rings (SSSR count). The Bertz CT molecular complexity index is 545. The van der Waals surface area contributed by atoms with Crippen LogP contribution in [0.4, 0.5) is 5.69 Å². The zero-order valence-corrected chi connectivity index (χ0v) is 13.6. The zero-order chi connectivity index (χ0) is 15.9. The summed E-state index contributed by atoms with van der Waals surface area (Å²) < 4.78 is 5.79. The SMILES string of the molecule is CC(C)(C)Oc1ccc(NC(=O)C2C3CCC(C3)C2N)cc1. The molecule has 120 valence electrons. The van der Waals surface area contributed by atoms with Gasteiger partial charge in [0.05, 0.1) is 5.92 Å². The quantitative estimate of drug-likeness (QED) is 0.901. The van der Waals surface area contributed by atoms with E-state index in [2.05, 4.69) is 5.32 Å². The van der Waals surface area contributed by atoms with Crippen LogP contribution in [0.1, 0.15) is 40.0 Å². The summed E-state index contributed by atoms with van der Waals surface area (Å²) in [5.74, 6) is 1.88. The standard InChI is InChI=1S/C18H26N2O2/c1-18(2,3)22-14-8-6-13(7-9-14)20-17(21)15-11-4-5-12(10-11)16(15)19/h6-9,11-12,15-16H,4-5,10,19H2,1-3H3,(H,20,21). The molecule has 2 aliphatic rings. The largest absolute Gasteiger partial charge is 0.488 e. The Balaban J connectivity index is 1.62. The lowest BCUT2D eigenvalue weighted by molar-refractivity contribution is -0.121. The summed E-state index contributed by atoms with van der Waals surface area (Å²) in [5, 5.41) is 3.01. The molecule has 2 aliphatic carbocycles. The number of anilines is 1. The lowest BCUT2D eigenvalue weighted by atomic mass is 9.84. The summed E-state index contributed by atoms with van der Waals surface area (Å²) >= 11 is 0. The van der Waals surface area contributed by atoms with Gasteiger partial charge in [-0.15, -0.1) is 0 Å². The van der Waals surface area contributed by atoms with Crippen LogP contribution in [0, 0.1) is 17.8 Å². The van der Waals surface area contributed by atoms with Crippen LogP contribution in [0.15, 0.2) is 24.3 Å².